The van der Waals surface area contributed by atoms with E-state index in [4.69, 9.17) is 5.53 Å². The summed E-state index contributed by atoms with van der Waals surface area (Å²) in [5.74, 6) is 0. The van der Waals surface area contributed by atoms with E-state index in [9.17, 15) is 0 Å². The van der Waals surface area contributed by atoms with Gasteiger partial charge in [-0.2, -0.15) is 0 Å². The highest BCUT2D eigenvalue weighted by molar-refractivity contribution is 5.21. The van der Waals surface area contributed by atoms with E-state index in [1.807, 2.05) is 0 Å². The normalized spacial score (nSPS) is 9.08. The van der Waals surface area contributed by atoms with Crippen LogP contribution in [0.3, 0.4) is 0 Å². The first kappa shape index (κ1) is 8.62. The van der Waals surface area contributed by atoms with Gasteiger partial charge in [0.1, 0.15) is 0 Å². The van der Waals surface area contributed by atoms with Gasteiger partial charge in [-0.3, -0.25) is 0 Å². The van der Waals surface area contributed by atoms with Crippen LogP contribution in [0.1, 0.15) is 11.1 Å². The molecule has 1 rings (SSSR count). The van der Waals surface area contributed by atoms with Crippen molar-refractivity contribution in [2.24, 2.45) is 5.11 Å². The largest absolute Gasteiger partial charge is 0.0936 e. The van der Waals surface area contributed by atoms with Gasteiger partial charge in [0.25, 0.3) is 0 Å². The maximum atomic E-state index is 8.05. The van der Waals surface area contributed by atoms with Crippen LogP contribution in [-0.2, 0) is 6.42 Å². The lowest BCUT2D eigenvalue weighted by molar-refractivity contribution is 0.955. The fourth-order valence-electron chi connectivity index (χ4n) is 0.979. The first-order chi connectivity index (χ1) is 5.83. The van der Waals surface area contributed by atoms with Gasteiger partial charge in [0, 0.05) is 11.5 Å². The third-order valence-corrected chi connectivity index (χ3v) is 1.68. The Kier molecular flexibility index (Phi) is 3.17. The molecule has 0 fully saturated rings. The van der Waals surface area contributed by atoms with Crippen LogP contribution in [0.25, 0.3) is 10.4 Å². The molecule has 3 heteroatoms. The average molecular weight is 161 g/mol. The molecule has 12 heavy (non-hydrogen) atoms. The minimum absolute atomic E-state index is 0.541. The van der Waals surface area contributed by atoms with Crippen molar-refractivity contribution >= 4 is 0 Å². The first-order valence-electron chi connectivity index (χ1n) is 3.89. The van der Waals surface area contributed by atoms with Crippen LogP contribution in [0, 0.1) is 6.92 Å². The number of aryl methyl sites for hydroxylation is 1. The van der Waals surface area contributed by atoms with Gasteiger partial charge in [0.2, 0.25) is 0 Å². The minimum atomic E-state index is 0.541. The summed E-state index contributed by atoms with van der Waals surface area (Å²) < 4.78 is 0. The van der Waals surface area contributed by atoms with Gasteiger partial charge in [0.05, 0.1) is 0 Å². The van der Waals surface area contributed by atoms with Gasteiger partial charge in [-0.25, -0.2) is 0 Å². The second kappa shape index (κ2) is 4.42. The van der Waals surface area contributed by atoms with E-state index in [1.165, 1.54) is 11.1 Å². The fraction of sp³-hybridized carbons (Fsp3) is 0.333. The molecule has 0 bridgehead atoms. The summed E-state index contributed by atoms with van der Waals surface area (Å²) in [6, 6.07) is 8.24. The third kappa shape index (κ3) is 2.64. The monoisotopic (exact) mass is 161 g/mol. The molecule has 0 saturated carbocycles. The molecule has 0 saturated heterocycles. The van der Waals surface area contributed by atoms with Crippen LogP contribution < -0.4 is 0 Å². The molecule has 0 atom stereocenters. The molecule has 1 aromatic carbocycles. The molecule has 3 nitrogen and oxygen atoms in total. The first-order valence-corrected chi connectivity index (χ1v) is 3.89. The Morgan fingerprint density at radius 3 is 2.58 bits per heavy atom. The summed E-state index contributed by atoms with van der Waals surface area (Å²) in [7, 11) is 0. The summed E-state index contributed by atoms with van der Waals surface area (Å²) in [5.41, 5.74) is 10.5. The van der Waals surface area contributed by atoms with Crippen molar-refractivity contribution < 1.29 is 0 Å². The zero-order valence-electron chi connectivity index (χ0n) is 7.07. The smallest absolute Gasteiger partial charge is 0.0298 e. The zero-order chi connectivity index (χ0) is 8.81. The molecule has 0 radical (unpaired) electrons. The van der Waals surface area contributed by atoms with Gasteiger partial charge in [0.15, 0.2) is 0 Å². The molecule has 62 valence electrons. The second-order valence-electron chi connectivity index (χ2n) is 2.69. The number of hydrogen-bond donors (Lipinski definition) is 0. The third-order valence-electron chi connectivity index (χ3n) is 1.68. The summed E-state index contributed by atoms with van der Waals surface area (Å²) in [6.45, 7) is 2.59. The quantitative estimate of drug-likeness (QED) is 0.372. The molecule has 0 aliphatic rings. The van der Waals surface area contributed by atoms with E-state index in [0.717, 1.165) is 6.42 Å². The predicted molar refractivity (Wildman–Crippen MR) is 48.9 cm³/mol. The highest BCUT2D eigenvalue weighted by Gasteiger charge is 1.89. The standard InChI is InChI=1S/C9H11N3/c1-8-2-4-9(5-3-8)6-7-11-12-10/h2-5H,6-7H2,1H3. The Bertz CT molecular complexity index is 283. The summed E-state index contributed by atoms with van der Waals surface area (Å²) in [5, 5.41) is 3.47. The van der Waals surface area contributed by atoms with E-state index in [0.29, 0.717) is 6.54 Å². The van der Waals surface area contributed by atoms with Gasteiger partial charge in [-0.15, -0.1) is 0 Å². The molecule has 0 aromatic heterocycles. The van der Waals surface area contributed by atoms with Crippen molar-refractivity contribution in [3.8, 4) is 0 Å². The number of nitrogens with zero attached hydrogens (tertiary/aromatic N) is 3. The second-order valence-corrected chi connectivity index (χ2v) is 2.69. The summed E-state index contributed by atoms with van der Waals surface area (Å²) in [6.07, 6.45) is 0.824. The SMILES string of the molecule is Cc1ccc(CCN=[N+]=[N-])cc1. The number of hydrogen-bond acceptors (Lipinski definition) is 1. The number of azide groups is 1. The Morgan fingerprint density at radius 2 is 2.00 bits per heavy atom. The molecule has 0 aliphatic heterocycles. The molecule has 1 aromatic rings. The Hall–Kier alpha value is -1.47. The fourth-order valence-corrected chi connectivity index (χ4v) is 0.979. The van der Waals surface area contributed by atoms with Crippen LogP contribution >= 0.6 is 0 Å². The maximum absolute atomic E-state index is 8.05. The Morgan fingerprint density at radius 1 is 1.33 bits per heavy atom. The highest BCUT2D eigenvalue weighted by Crippen LogP contribution is 2.03. The van der Waals surface area contributed by atoms with Crippen molar-refractivity contribution in [3.63, 3.8) is 0 Å². The van der Waals surface area contributed by atoms with Gasteiger partial charge < -0.3 is 0 Å². The van der Waals surface area contributed by atoms with E-state index in [2.05, 4.69) is 41.2 Å². The predicted octanol–water partition coefficient (Wildman–Crippen LogP) is 2.85. The van der Waals surface area contributed by atoms with Crippen molar-refractivity contribution in [1.29, 1.82) is 0 Å². The topological polar surface area (TPSA) is 48.8 Å². The van der Waals surface area contributed by atoms with E-state index < -0.39 is 0 Å². The van der Waals surface area contributed by atoms with Crippen LogP contribution in [0.5, 0.6) is 0 Å². The summed E-state index contributed by atoms with van der Waals surface area (Å²) >= 11 is 0. The number of rotatable bonds is 3. The van der Waals surface area contributed by atoms with E-state index in [-0.39, 0.29) is 0 Å². The molecule has 0 heterocycles. The van der Waals surface area contributed by atoms with Gasteiger partial charge in [-0.05, 0) is 24.4 Å². The maximum Gasteiger partial charge on any atom is 0.0298 e. The van der Waals surface area contributed by atoms with Crippen LogP contribution in [-0.4, -0.2) is 6.54 Å². The molecule has 0 aliphatic carbocycles. The molecular formula is C9H11N3. The molecular weight excluding hydrogens is 150 g/mol. The lowest BCUT2D eigenvalue weighted by Crippen LogP contribution is -1.87. The molecule has 0 amide bonds. The van der Waals surface area contributed by atoms with E-state index >= 15 is 0 Å². The molecule has 0 spiro atoms. The number of benzene rings is 1. The van der Waals surface area contributed by atoms with Crippen LogP contribution in [0.4, 0.5) is 0 Å². The van der Waals surface area contributed by atoms with Crippen molar-refractivity contribution in [2.45, 2.75) is 13.3 Å². The molecule has 0 N–H and O–H groups in total. The summed E-state index contributed by atoms with van der Waals surface area (Å²) in [4.78, 5) is 2.69. The van der Waals surface area contributed by atoms with Crippen molar-refractivity contribution in [3.05, 3.63) is 45.8 Å². The average Bonchev–Trinajstić information content (AvgIpc) is 2.09. The van der Waals surface area contributed by atoms with Gasteiger partial charge in [-0.1, -0.05) is 34.9 Å². The van der Waals surface area contributed by atoms with Gasteiger partial charge >= 0.3 is 0 Å². The Labute approximate surface area is 71.7 Å². The lowest BCUT2D eigenvalue weighted by Gasteiger charge is -1.97. The highest BCUT2D eigenvalue weighted by atomic mass is 15.1. The minimum Gasteiger partial charge on any atom is -0.0936 e. The van der Waals surface area contributed by atoms with Crippen molar-refractivity contribution in [1.82, 2.24) is 0 Å². The zero-order valence-corrected chi connectivity index (χ0v) is 7.07. The van der Waals surface area contributed by atoms with E-state index in [1.54, 1.807) is 0 Å². The van der Waals surface area contributed by atoms with Crippen LogP contribution in [0.2, 0.25) is 0 Å². The van der Waals surface area contributed by atoms with Crippen LogP contribution in [0.15, 0.2) is 29.4 Å². The lowest BCUT2D eigenvalue weighted by atomic mass is 10.1. The Balaban J connectivity index is 2.53. The van der Waals surface area contributed by atoms with Crippen molar-refractivity contribution in [2.75, 3.05) is 6.54 Å². The molecule has 0 unspecified atom stereocenters.